The van der Waals surface area contributed by atoms with Crippen LogP contribution in [0.4, 0.5) is 0 Å². The van der Waals surface area contributed by atoms with Crippen LogP contribution >= 0.6 is 0 Å². The van der Waals surface area contributed by atoms with E-state index in [2.05, 4.69) is 26.1 Å². The van der Waals surface area contributed by atoms with Gasteiger partial charge >= 0.3 is 10.1 Å². The number of amides is 1. The summed E-state index contributed by atoms with van der Waals surface area (Å²) in [4.78, 5) is 12.7. The average Bonchev–Trinajstić information content (AvgIpc) is 3.21. The Balaban J connectivity index is 1.24. The molecule has 0 spiro atoms. The molecular formula is C32H59N2O4S+. The Kier molecular flexibility index (Phi) is 9.55. The molecule has 4 fully saturated rings. The van der Waals surface area contributed by atoms with Gasteiger partial charge in [-0.15, -0.1) is 0 Å². The first kappa shape index (κ1) is 31.3. The quantitative estimate of drug-likeness (QED) is 0.166. The molecule has 4 aliphatic carbocycles. The topological polar surface area (TPSA) is 83.5 Å². The molecule has 0 aliphatic heterocycles. The number of rotatable bonds is 11. The van der Waals surface area contributed by atoms with Gasteiger partial charge in [-0.05, 0) is 104 Å². The first-order valence-electron chi connectivity index (χ1n) is 16.3. The Labute approximate surface area is 239 Å². The van der Waals surface area contributed by atoms with Crippen molar-refractivity contribution in [1.29, 1.82) is 0 Å². The predicted molar refractivity (Wildman–Crippen MR) is 158 cm³/mol. The summed E-state index contributed by atoms with van der Waals surface area (Å²) in [7, 11) is -0.439. The molecule has 0 radical (unpaired) electrons. The van der Waals surface area contributed by atoms with E-state index in [4.69, 9.17) is 0 Å². The summed E-state index contributed by atoms with van der Waals surface area (Å²) in [6.07, 6.45) is 16.9. The molecule has 2 N–H and O–H groups in total. The van der Waals surface area contributed by atoms with E-state index in [0.29, 0.717) is 49.1 Å². The standard InChI is InChI=1S/C32H58N2O4S/c1-7-30(39(36,37)38)34(5,6)22-10-21-33-29(35)17-12-23(2)26-15-16-27-25-14-13-24-11-8-9-19-31(24,3)28(25)18-20-32(26,27)4/h23-28,30H,7-22H2,1-6H3,(H-,33,35,36,37,38)/p+1/t23-,24?,25+,26-,27+,28+,30?,31+,32-/m1/s1. The molecule has 4 aliphatic rings. The van der Waals surface area contributed by atoms with Crippen LogP contribution < -0.4 is 5.32 Å². The van der Waals surface area contributed by atoms with Crippen LogP contribution in [0, 0.1) is 46.3 Å². The van der Waals surface area contributed by atoms with Crippen LogP contribution in [-0.4, -0.2) is 55.9 Å². The van der Waals surface area contributed by atoms with Crippen molar-refractivity contribution in [3.63, 3.8) is 0 Å². The Hall–Kier alpha value is -0.660. The van der Waals surface area contributed by atoms with E-state index in [1.165, 1.54) is 64.2 Å². The second-order valence-electron chi connectivity index (χ2n) is 15.2. The number of carbonyl (C=O) groups is 1. The molecular weight excluding hydrogens is 508 g/mol. The van der Waals surface area contributed by atoms with Crippen molar-refractivity contribution < 1.29 is 22.2 Å². The predicted octanol–water partition coefficient (Wildman–Crippen LogP) is 6.66. The lowest BCUT2D eigenvalue weighted by Gasteiger charge is -2.61. The van der Waals surface area contributed by atoms with Crippen molar-refractivity contribution in [2.75, 3.05) is 27.2 Å². The number of quaternary nitrogens is 1. The first-order chi connectivity index (χ1) is 18.2. The molecule has 7 heteroatoms. The Morgan fingerprint density at radius 2 is 1.72 bits per heavy atom. The molecule has 39 heavy (non-hydrogen) atoms. The number of fused-ring (bicyclic) bond motifs is 5. The zero-order valence-corrected chi connectivity index (χ0v) is 26.7. The molecule has 6 nitrogen and oxygen atoms in total. The summed E-state index contributed by atoms with van der Waals surface area (Å²) in [6.45, 7) is 10.6. The van der Waals surface area contributed by atoms with Gasteiger partial charge in [-0.2, -0.15) is 8.42 Å². The monoisotopic (exact) mass is 567 g/mol. The third kappa shape index (κ3) is 6.26. The minimum absolute atomic E-state index is 0.112. The van der Waals surface area contributed by atoms with Gasteiger partial charge in [-0.3, -0.25) is 9.35 Å². The highest BCUT2D eigenvalue weighted by molar-refractivity contribution is 7.86. The van der Waals surface area contributed by atoms with Gasteiger partial charge in [0.1, 0.15) is 0 Å². The molecule has 9 atom stereocenters. The Morgan fingerprint density at radius 3 is 2.41 bits per heavy atom. The summed E-state index contributed by atoms with van der Waals surface area (Å²) in [5, 5.41) is 2.24. The second-order valence-corrected chi connectivity index (χ2v) is 16.8. The lowest BCUT2D eigenvalue weighted by molar-refractivity contribution is -0.901. The first-order valence-corrected chi connectivity index (χ1v) is 17.8. The highest BCUT2D eigenvalue weighted by Gasteiger charge is 2.60. The van der Waals surface area contributed by atoms with Gasteiger partial charge in [0.05, 0.1) is 20.6 Å². The van der Waals surface area contributed by atoms with Gasteiger partial charge in [0, 0.05) is 25.8 Å². The maximum Gasteiger partial charge on any atom is 0.319 e. The fourth-order valence-corrected chi connectivity index (χ4v) is 12.1. The molecule has 1 amide bonds. The lowest BCUT2D eigenvalue weighted by atomic mass is 9.44. The van der Waals surface area contributed by atoms with Crippen molar-refractivity contribution in [3.05, 3.63) is 0 Å². The maximum absolute atomic E-state index is 12.7. The summed E-state index contributed by atoms with van der Waals surface area (Å²) in [6, 6.07) is 0. The van der Waals surface area contributed by atoms with Gasteiger partial charge in [0.15, 0.2) is 0 Å². The van der Waals surface area contributed by atoms with E-state index >= 15 is 0 Å². The molecule has 0 bridgehead atoms. The van der Waals surface area contributed by atoms with E-state index in [1.54, 1.807) is 6.92 Å². The van der Waals surface area contributed by atoms with E-state index < -0.39 is 15.5 Å². The van der Waals surface area contributed by atoms with Gasteiger partial charge in [0.25, 0.3) is 0 Å². The molecule has 0 heterocycles. The second kappa shape index (κ2) is 11.9. The summed E-state index contributed by atoms with van der Waals surface area (Å²) >= 11 is 0. The van der Waals surface area contributed by atoms with Gasteiger partial charge in [-0.1, -0.05) is 40.5 Å². The van der Waals surface area contributed by atoms with Crippen molar-refractivity contribution in [2.45, 2.75) is 123 Å². The molecule has 2 unspecified atom stereocenters. The van der Waals surface area contributed by atoms with Crippen molar-refractivity contribution >= 4 is 16.0 Å². The molecule has 4 saturated carbocycles. The maximum atomic E-state index is 12.7. The number of nitrogens with one attached hydrogen (secondary N) is 1. The summed E-state index contributed by atoms with van der Waals surface area (Å²) in [5.74, 6) is 5.15. The number of hydrogen-bond acceptors (Lipinski definition) is 3. The fraction of sp³-hybridized carbons (Fsp3) is 0.969. The van der Waals surface area contributed by atoms with Gasteiger partial charge in [0.2, 0.25) is 11.3 Å². The summed E-state index contributed by atoms with van der Waals surface area (Å²) < 4.78 is 33.2. The summed E-state index contributed by atoms with van der Waals surface area (Å²) in [5.41, 5.74) is 1.05. The largest absolute Gasteiger partial charge is 0.356 e. The SMILES string of the molecule is CCC([N+](C)(C)CCCNC(=O)CC[C@@H](C)[C@H]1CC[C@H]2[C@@H]3CCC4CCCC[C@]4(C)[C@H]3CC[C@]12C)S(=O)(=O)O. The zero-order chi connectivity index (χ0) is 28.6. The zero-order valence-electron chi connectivity index (χ0n) is 25.9. The van der Waals surface area contributed by atoms with E-state index in [0.717, 1.165) is 36.0 Å². The normalized spacial score (nSPS) is 38.3. The van der Waals surface area contributed by atoms with Crippen LogP contribution in [0.3, 0.4) is 0 Å². The van der Waals surface area contributed by atoms with E-state index in [9.17, 15) is 17.8 Å². The third-order valence-electron chi connectivity index (χ3n) is 12.9. The van der Waals surface area contributed by atoms with Crippen LogP contribution in [0.15, 0.2) is 0 Å². The van der Waals surface area contributed by atoms with Crippen LogP contribution in [0.25, 0.3) is 0 Å². The Bertz CT molecular complexity index is 967. The van der Waals surface area contributed by atoms with Gasteiger partial charge in [-0.25, -0.2) is 0 Å². The number of nitrogens with zero attached hydrogens (tertiary/aromatic N) is 1. The average molecular weight is 568 g/mol. The molecule has 226 valence electrons. The highest BCUT2D eigenvalue weighted by Crippen LogP contribution is 2.68. The molecule has 0 saturated heterocycles. The molecule has 4 rings (SSSR count). The van der Waals surface area contributed by atoms with E-state index in [-0.39, 0.29) is 10.4 Å². The minimum atomic E-state index is -4.10. The van der Waals surface area contributed by atoms with Crippen LogP contribution in [0.1, 0.15) is 118 Å². The number of carbonyl (C=O) groups excluding carboxylic acids is 1. The smallest absolute Gasteiger partial charge is 0.319 e. The fourth-order valence-electron chi connectivity index (χ4n) is 10.8. The van der Waals surface area contributed by atoms with Crippen molar-refractivity contribution in [2.24, 2.45) is 46.3 Å². The lowest BCUT2D eigenvalue weighted by Crippen LogP contribution is -2.53. The minimum Gasteiger partial charge on any atom is -0.356 e. The molecule has 0 aromatic heterocycles. The van der Waals surface area contributed by atoms with Crippen molar-refractivity contribution in [3.8, 4) is 0 Å². The van der Waals surface area contributed by atoms with Crippen molar-refractivity contribution in [1.82, 2.24) is 5.32 Å². The van der Waals surface area contributed by atoms with Crippen LogP contribution in [0.5, 0.6) is 0 Å². The van der Waals surface area contributed by atoms with Gasteiger partial charge < -0.3 is 9.80 Å². The molecule has 0 aromatic carbocycles. The highest BCUT2D eigenvalue weighted by atomic mass is 32.2. The number of hydrogen-bond donors (Lipinski definition) is 2. The van der Waals surface area contributed by atoms with E-state index in [1.807, 2.05) is 14.1 Å². The van der Waals surface area contributed by atoms with Crippen LogP contribution in [0.2, 0.25) is 0 Å². The molecule has 0 aromatic rings. The Morgan fingerprint density at radius 1 is 1.00 bits per heavy atom. The van der Waals surface area contributed by atoms with Crippen LogP contribution in [-0.2, 0) is 14.9 Å². The third-order valence-corrected chi connectivity index (χ3v) is 14.5.